The van der Waals surface area contributed by atoms with Crippen molar-refractivity contribution in [2.24, 2.45) is 12.8 Å². The Labute approximate surface area is 84.3 Å². The summed E-state index contributed by atoms with van der Waals surface area (Å²) in [4.78, 5) is 0. The second-order valence-electron chi connectivity index (χ2n) is 3.96. The third kappa shape index (κ3) is 1.53. The summed E-state index contributed by atoms with van der Waals surface area (Å²) >= 11 is 0. The summed E-state index contributed by atoms with van der Waals surface area (Å²) in [5.41, 5.74) is 8.47. The molecule has 14 heavy (non-hydrogen) atoms. The Kier molecular flexibility index (Phi) is 2.30. The van der Waals surface area contributed by atoms with Crippen molar-refractivity contribution in [3.63, 3.8) is 0 Å². The zero-order chi connectivity index (χ0) is 10.1. The maximum atomic E-state index is 5.83. The lowest BCUT2D eigenvalue weighted by atomic mass is 10.1. The first kappa shape index (κ1) is 9.28. The third-order valence-corrected chi connectivity index (χ3v) is 2.52. The molecular weight excluding hydrogens is 172 g/mol. The minimum Gasteiger partial charge on any atom is -0.350 e. The lowest BCUT2D eigenvalue weighted by Gasteiger charge is -2.08. The average molecular weight is 188 g/mol. The number of hydrogen-bond donors (Lipinski definition) is 1. The van der Waals surface area contributed by atoms with Gasteiger partial charge in [-0.3, -0.25) is 0 Å². The molecular formula is C12H16N2. The van der Waals surface area contributed by atoms with Gasteiger partial charge in [0.2, 0.25) is 0 Å². The summed E-state index contributed by atoms with van der Waals surface area (Å²) in [6.45, 7) is 2.04. The molecule has 0 fully saturated rings. The molecule has 2 nitrogen and oxygen atoms in total. The predicted molar refractivity (Wildman–Crippen MR) is 60.3 cm³/mol. The van der Waals surface area contributed by atoms with Crippen molar-refractivity contribution in [3.05, 3.63) is 36.0 Å². The zero-order valence-electron chi connectivity index (χ0n) is 8.70. The highest BCUT2D eigenvalue weighted by atomic mass is 14.9. The van der Waals surface area contributed by atoms with E-state index in [0.717, 1.165) is 6.42 Å². The van der Waals surface area contributed by atoms with Gasteiger partial charge in [0.05, 0.1) is 5.52 Å². The molecule has 0 radical (unpaired) electrons. The molecule has 2 rings (SSSR count). The summed E-state index contributed by atoms with van der Waals surface area (Å²) in [7, 11) is 2.08. The highest BCUT2D eigenvalue weighted by molar-refractivity contribution is 5.83. The average Bonchev–Trinajstić information content (AvgIpc) is 2.48. The molecule has 0 aliphatic rings. The minimum atomic E-state index is 0.218. The summed E-state index contributed by atoms with van der Waals surface area (Å²) in [6, 6.07) is 8.75. The van der Waals surface area contributed by atoms with E-state index in [-0.39, 0.29) is 6.04 Å². The van der Waals surface area contributed by atoms with Crippen LogP contribution in [0.1, 0.15) is 12.5 Å². The number of fused-ring (bicyclic) bond motifs is 1. The highest BCUT2D eigenvalue weighted by Crippen LogP contribution is 2.20. The van der Waals surface area contributed by atoms with E-state index in [1.54, 1.807) is 0 Å². The molecule has 0 bridgehead atoms. The Balaban J connectivity index is 2.57. The van der Waals surface area contributed by atoms with Gasteiger partial charge in [0.25, 0.3) is 0 Å². The molecule has 2 N–H and O–H groups in total. The van der Waals surface area contributed by atoms with Crippen LogP contribution in [-0.4, -0.2) is 10.6 Å². The number of nitrogens with two attached hydrogens (primary N) is 1. The number of benzene rings is 1. The molecule has 0 aliphatic carbocycles. The van der Waals surface area contributed by atoms with E-state index in [9.17, 15) is 0 Å². The quantitative estimate of drug-likeness (QED) is 0.768. The van der Waals surface area contributed by atoms with Gasteiger partial charge in [-0.25, -0.2) is 0 Å². The Morgan fingerprint density at radius 1 is 1.36 bits per heavy atom. The van der Waals surface area contributed by atoms with Crippen molar-refractivity contribution >= 4 is 10.9 Å². The molecule has 0 aliphatic heterocycles. The van der Waals surface area contributed by atoms with Crippen LogP contribution in [0.3, 0.4) is 0 Å². The number of aromatic nitrogens is 1. The summed E-state index contributed by atoms with van der Waals surface area (Å²) < 4.78 is 2.16. The van der Waals surface area contributed by atoms with Crippen molar-refractivity contribution in [2.75, 3.05) is 0 Å². The fraction of sp³-hybridized carbons (Fsp3) is 0.333. The Hall–Kier alpha value is -1.28. The van der Waals surface area contributed by atoms with Gasteiger partial charge >= 0.3 is 0 Å². The summed E-state index contributed by atoms with van der Waals surface area (Å²) in [5.74, 6) is 0. The lowest BCUT2D eigenvalue weighted by Crippen LogP contribution is -2.18. The molecule has 2 aromatic rings. The van der Waals surface area contributed by atoms with Crippen LogP contribution >= 0.6 is 0 Å². The van der Waals surface area contributed by atoms with Crippen molar-refractivity contribution in [1.29, 1.82) is 0 Å². The maximum absolute atomic E-state index is 5.83. The zero-order valence-corrected chi connectivity index (χ0v) is 8.70. The van der Waals surface area contributed by atoms with Crippen LogP contribution in [0, 0.1) is 0 Å². The van der Waals surface area contributed by atoms with Crippen LogP contribution in [-0.2, 0) is 13.5 Å². The van der Waals surface area contributed by atoms with Crippen molar-refractivity contribution in [3.8, 4) is 0 Å². The largest absolute Gasteiger partial charge is 0.350 e. The van der Waals surface area contributed by atoms with Gasteiger partial charge in [-0.05, 0) is 30.4 Å². The van der Waals surface area contributed by atoms with Crippen LogP contribution < -0.4 is 5.73 Å². The van der Waals surface area contributed by atoms with E-state index >= 15 is 0 Å². The van der Waals surface area contributed by atoms with Crippen molar-refractivity contribution < 1.29 is 0 Å². The van der Waals surface area contributed by atoms with Gasteiger partial charge < -0.3 is 10.3 Å². The summed E-state index contributed by atoms with van der Waals surface area (Å²) in [5, 5.41) is 1.30. The molecule has 1 aromatic carbocycles. The standard InChI is InChI=1S/C12H16N2/c1-9(13)8-11-5-3-4-10-6-7-14(2)12(10)11/h3-7,9H,8,13H2,1-2H3/t9-/m0/s1. The first-order chi connectivity index (χ1) is 6.68. The fourth-order valence-electron chi connectivity index (χ4n) is 1.95. The van der Waals surface area contributed by atoms with Crippen molar-refractivity contribution in [2.45, 2.75) is 19.4 Å². The van der Waals surface area contributed by atoms with E-state index in [0.29, 0.717) is 0 Å². The van der Waals surface area contributed by atoms with E-state index < -0.39 is 0 Å². The molecule has 0 unspecified atom stereocenters. The monoisotopic (exact) mass is 188 g/mol. The molecule has 0 saturated carbocycles. The van der Waals surface area contributed by atoms with Gasteiger partial charge in [0, 0.05) is 19.3 Å². The van der Waals surface area contributed by atoms with Crippen LogP contribution in [0.5, 0.6) is 0 Å². The van der Waals surface area contributed by atoms with E-state index in [1.165, 1.54) is 16.5 Å². The van der Waals surface area contributed by atoms with Crippen molar-refractivity contribution in [1.82, 2.24) is 4.57 Å². The first-order valence-corrected chi connectivity index (χ1v) is 4.97. The van der Waals surface area contributed by atoms with Gasteiger partial charge in [0.1, 0.15) is 0 Å². The lowest BCUT2D eigenvalue weighted by molar-refractivity contribution is 0.738. The number of para-hydroxylation sites is 1. The second kappa shape index (κ2) is 3.46. The third-order valence-electron chi connectivity index (χ3n) is 2.52. The van der Waals surface area contributed by atoms with Crippen LogP contribution in [0.2, 0.25) is 0 Å². The topological polar surface area (TPSA) is 30.9 Å². The predicted octanol–water partition coefficient (Wildman–Crippen LogP) is 2.07. The van der Waals surface area contributed by atoms with Gasteiger partial charge in [-0.2, -0.15) is 0 Å². The van der Waals surface area contributed by atoms with Gasteiger partial charge in [0.15, 0.2) is 0 Å². The van der Waals surface area contributed by atoms with E-state index in [2.05, 4.69) is 42.1 Å². The second-order valence-corrected chi connectivity index (χ2v) is 3.96. The molecule has 2 heteroatoms. The maximum Gasteiger partial charge on any atom is 0.0510 e. The molecule has 1 atom stereocenters. The molecule has 0 saturated heterocycles. The van der Waals surface area contributed by atoms with Gasteiger partial charge in [-0.1, -0.05) is 18.2 Å². The number of aryl methyl sites for hydroxylation is 1. The van der Waals surface area contributed by atoms with Crippen LogP contribution in [0.15, 0.2) is 30.5 Å². The fourth-order valence-corrected chi connectivity index (χ4v) is 1.95. The van der Waals surface area contributed by atoms with Gasteiger partial charge in [-0.15, -0.1) is 0 Å². The minimum absolute atomic E-state index is 0.218. The molecule has 0 spiro atoms. The number of hydrogen-bond acceptors (Lipinski definition) is 1. The Bertz CT molecular complexity index is 441. The first-order valence-electron chi connectivity index (χ1n) is 4.97. The normalized spacial score (nSPS) is 13.4. The SMILES string of the molecule is C[C@H](N)Cc1cccc2ccn(C)c12. The Morgan fingerprint density at radius 3 is 2.86 bits per heavy atom. The van der Waals surface area contributed by atoms with Crippen LogP contribution in [0.25, 0.3) is 10.9 Å². The number of nitrogens with zero attached hydrogens (tertiary/aromatic N) is 1. The van der Waals surface area contributed by atoms with Crippen LogP contribution in [0.4, 0.5) is 0 Å². The Morgan fingerprint density at radius 2 is 2.14 bits per heavy atom. The van der Waals surface area contributed by atoms with E-state index in [1.807, 2.05) is 6.92 Å². The smallest absolute Gasteiger partial charge is 0.0510 e. The molecule has 1 aromatic heterocycles. The highest BCUT2D eigenvalue weighted by Gasteiger charge is 2.05. The number of rotatable bonds is 2. The summed E-state index contributed by atoms with van der Waals surface area (Å²) in [6.07, 6.45) is 3.03. The molecule has 74 valence electrons. The molecule has 1 heterocycles. The van der Waals surface area contributed by atoms with E-state index in [4.69, 9.17) is 5.73 Å². The molecule has 0 amide bonds.